The SMILES string of the molecule is O=C1NCCN2CCN(C(=O)NCCc3nc(-c4cccnc4)n[nH]3)C[C@H]12. The zero-order chi connectivity index (χ0) is 18.6. The second kappa shape index (κ2) is 7.70. The molecule has 2 saturated heterocycles. The van der Waals surface area contributed by atoms with Gasteiger partial charge in [-0.25, -0.2) is 9.78 Å². The third-order valence-corrected chi connectivity index (χ3v) is 4.87. The van der Waals surface area contributed by atoms with Gasteiger partial charge in [0.1, 0.15) is 11.9 Å². The summed E-state index contributed by atoms with van der Waals surface area (Å²) >= 11 is 0. The van der Waals surface area contributed by atoms with Crippen LogP contribution in [0.5, 0.6) is 0 Å². The number of rotatable bonds is 4. The Balaban J connectivity index is 1.26. The van der Waals surface area contributed by atoms with Crippen molar-refractivity contribution in [2.75, 3.05) is 39.3 Å². The van der Waals surface area contributed by atoms with E-state index in [1.165, 1.54) is 0 Å². The molecule has 2 aliphatic heterocycles. The minimum atomic E-state index is -0.241. The number of carbonyl (C=O) groups excluding carboxylic acids is 2. The molecule has 2 aliphatic rings. The van der Waals surface area contributed by atoms with E-state index in [1.807, 2.05) is 12.1 Å². The summed E-state index contributed by atoms with van der Waals surface area (Å²) in [6.07, 6.45) is 3.95. The molecule has 0 aliphatic carbocycles. The van der Waals surface area contributed by atoms with Crippen LogP contribution >= 0.6 is 0 Å². The molecule has 3 N–H and O–H groups in total. The number of fused-ring (bicyclic) bond motifs is 1. The predicted molar refractivity (Wildman–Crippen MR) is 96.7 cm³/mol. The Labute approximate surface area is 156 Å². The molecule has 3 amide bonds. The average molecular weight is 370 g/mol. The Bertz CT molecular complexity index is 808. The third-order valence-electron chi connectivity index (χ3n) is 4.87. The molecule has 2 aromatic rings. The molecule has 0 bridgehead atoms. The number of urea groups is 1. The predicted octanol–water partition coefficient (Wildman–Crippen LogP) is -0.765. The van der Waals surface area contributed by atoms with Crippen molar-refractivity contribution in [3.05, 3.63) is 30.4 Å². The third kappa shape index (κ3) is 3.90. The van der Waals surface area contributed by atoms with E-state index in [0.29, 0.717) is 44.2 Å². The van der Waals surface area contributed by atoms with Crippen LogP contribution in [-0.2, 0) is 11.2 Å². The first-order valence-electron chi connectivity index (χ1n) is 9.07. The standard InChI is InChI=1S/C17H22N8O2/c26-16-13-11-25(9-8-24(13)7-6-19-16)17(27)20-5-3-14-21-15(23-22-14)12-2-1-4-18-10-12/h1-2,4,10,13H,3,5-9,11H2,(H,19,26)(H,20,27)(H,21,22,23)/t13-/m1/s1. The zero-order valence-corrected chi connectivity index (χ0v) is 14.9. The van der Waals surface area contributed by atoms with Crippen molar-refractivity contribution >= 4 is 11.9 Å². The number of nitrogens with one attached hydrogen (secondary N) is 3. The lowest BCUT2D eigenvalue weighted by molar-refractivity contribution is -0.131. The van der Waals surface area contributed by atoms with Crippen molar-refractivity contribution < 1.29 is 9.59 Å². The number of H-pyrrole nitrogens is 1. The van der Waals surface area contributed by atoms with Gasteiger partial charge < -0.3 is 15.5 Å². The first kappa shape index (κ1) is 17.4. The minimum Gasteiger partial charge on any atom is -0.353 e. The molecule has 0 saturated carbocycles. The second-order valence-corrected chi connectivity index (χ2v) is 6.62. The molecular weight excluding hydrogens is 348 g/mol. The highest BCUT2D eigenvalue weighted by Crippen LogP contribution is 2.13. The van der Waals surface area contributed by atoms with Gasteiger partial charge >= 0.3 is 6.03 Å². The number of carbonyl (C=O) groups is 2. The van der Waals surface area contributed by atoms with Gasteiger partial charge in [-0.2, -0.15) is 5.10 Å². The van der Waals surface area contributed by atoms with Gasteiger partial charge in [0, 0.05) is 63.6 Å². The van der Waals surface area contributed by atoms with Crippen LogP contribution in [0.3, 0.4) is 0 Å². The lowest BCUT2D eigenvalue weighted by Gasteiger charge is -2.42. The topological polar surface area (TPSA) is 119 Å². The lowest BCUT2D eigenvalue weighted by atomic mass is 10.1. The Morgan fingerprint density at radius 3 is 3.11 bits per heavy atom. The van der Waals surface area contributed by atoms with Crippen molar-refractivity contribution in [1.82, 2.24) is 40.6 Å². The highest BCUT2D eigenvalue weighted by atomic mass is 16.2. The van der Waals surface area contributed by atoms with Crippen LogP contribution in [0.2, 0.25) is 0 Å². The Kier molecular flexibility index (Phi) is 4.97. The van der Waals surface area contributed by atoms with E-state index in [1.54, 1.807) is 17.3 Å². The summed E-state index contributed by atoms with van der Waals surface area (Å²) in [5, 5.41) is 12.8. The van der Waals surface area contributed by atoms with Gasteiger partial charge in [-0.3, -0.25) is 19.8 Å². The van der Waals surface area contributed by atoms with E-state index in [9.17, 15) is 9.59 Å². The molecular formula is C17H22N8O2. The zero-order valence-electron chi connectivity index (χ0n) is 14.9. The van der Waals surface area contributed by atoms with E-state index >= 15 is 0 Å². The summed E-state index contributed by atoms with van der Waals surface area (Å²) in [7, 11) is 0. The molecule has 0 spiro atoms. The molecule has 1 atom stereocenters. The van der Waals surface area contributed by atoms with Crippen LogP contribution in [0.25, 0.3) is 11.4 Å². The first-order chi connectivity index (χ1) is 13.2. The Morgan fingerprint density at radius 2 is 2.26 bits per heavy atom. The minimum absolute atomic E-state index is 0.00309. The van der Waals surface area contributed by atoms with Gasteiger partial charge in [-0.05, 0) is 12.1 Å². The molecule has 2 fully saturated rings. The number of pyridine rings is 1. The molecule has 0 aromatic carbocycles. The molecule has 10 nitrogen and oxygen atoms in total. The van der Waals surface area contributed by atoms with Crippen LogP contribution in [0.4, 0.5) is 4.79 Å². The molecule has 142 valence electrons. The molecule has 0 unspecified atom stereocenters. The van der Waals surface area contributed by atoms with E-state index in [4.69, 9.17) is 0 Å². The fraction of sp³-hybridized carbons (Fsp3) is 0.471. The number of piperazine rings is 2. The molecule has 0 radical (unpaired) electrons. The number of aromatic nitrogens is 4. The summed E-state index contributed by atoms with van der Waals surface area (Å²) < 4.78 is 0. The van der Waals surface area contributed by atoms with Crippen molar-refractivity contribution in [2.45, 2.75) is 12.5 Å². The maximum Gasteiger partial charge on any atom is 0.317 e. The largest absolute Gasteiger partial charge is 0.353 e. The van der Waals surface area contributed by atoms with Crippen molar-refractivity contribution in [2.24, 2.45) is 0 Å². The highest BCUT2D eigenvalue weighted by molar-refractivity contribution is 5.84. The number of aromatic amines is 1. The molecule has 4 heterocycles. The fourth-order valence-electron chi connectivity index (χ4n) is 3.39. The van der Waals surface area contributed by atoms with Crippen LogP contribution in [0.1, 0.15) is 5.82 Å². The smallest absolute Gasteiger partial charge is 0.317 e. The van der Waals surface area contributed by atoms with Crippen LogP contribution in [-0.4, -0.2) is 87.2 Å². The van der Waals surface area contributed by atoms with Crippen LogP contribution in [0.15, 0.2) is 24.5 Å². The van der Waals surface area contributed by atoms with Crippen molar-refractivity contribution in [3.8, 4) is 11.4 Å². The fourth-order valence-corrected chi connectivity index (χ4v) is 3.39. The summed E-state index contributed by atoms with van der Waals surface area (Å²) in [5.41, 5.74) is 0.840. The lowest BCUT2D eigenvalue weighted by Crippen LogP contribution is -2.65. The van der Waals surface area contributed by atoms with E-state index in [0.717, 1.165) is 18.7 Å². The maximum atomic E-state index is 12.4. The summed E-state index contributed by atoms with van der Waals surface area (Å²) in [6, 6.07) is 3.33. The van der Waals surface area contributed by atoms with E-state index < -0.39 is 0 Å². The Morgan fingerprint density at radius 1 is 1.33 bits per heavy atom. The van der Waals surface area contributed by atoms with Gasteiger partial charge in [-0.15, -0.1) is 0 Å². The van der Waals surface area contributed by atoms with Gasteiger partial charge in [0.15, 0.2) is 5.82 Å². The van der Waals surface area contributed by atoms with Crippen molar-refractivity contribution in [3.63, 3.8) is 0 Å². The van der Waals surface area contributed by atoms with Crippen LogP contribution in [0, 0.1) is 0 Å². The molecule has 2 aromatic heterocycles. The number of nitrogens with zero attached hydrogens (tertiary/aromatic N) is 5. The number of amides is 3. The summed E-state index contributed by atoms with van der Waals surface area (Å²) in [5.74, 6) is 1.29. The Hall–Kier alpha value is -3.01. The molecule has 27 heavy (non-hydrogen) atoms. The maximum absolute atomic E-state index is 12.4. The quantitative estimate of drug-likeness (QED) is 0.651. The van der Waals surface area contributed by atoms with Gasteiger partial charge in [0.05, 0.1) is 0 Å². The van der Waals surface area contributed by atoms with E-state index in [-0.39, 0.29) is 18.0 Å². The second-order valence-electron chi connectivity index (χ2n) is 6.62. The van der Waals surface area contributed by atoms with Crippen molar-refractivity contribution in [1.29, 1.82) is 0 Å². The van der Waals surface area contributed by atoms with Crippen LogP contribution < -0.4 is 10.6 Å². The number of hydrogen-bond donors (Lipinski definition) is 3. The first-order valence-corrected chi connectivity index (χ1v) is 9.07. The number of hydrogen-bond acceptors (Lipinski definition) is 6. The van der Waals surface area contributed by atoms with E-state index in [2.05, 4.69) is 35.7 Å². The molecule has 4 rings (SSSR count). The summed E-state index contributed by atoms with van der Waals surface area (Å²) in [4.78, 5) is 36.7. The normalized spacial score (nSPS) is 20.1. The van der Waals surface area contributed by atoms with Gasteiger partial charge in [0.25, 0.3) is 0 Å². The van der Waals surface area contributed by atoms with Gasteiger partial charge in [-0.1, -0.05) is 0 Å². The monoisotopic (exact) mass is 370 g/mol. The average Bonchev–Trinajstić information content (AvgIpc) is 3.18. The summed E-state index contributed by atoms with van der Waals surface area (Å²) in [6.45, 7) is 3.74. The highest BCUT2D eigenvalue weighted by Gasteiger charge is 2.36. The molecule has 10 heteroatoms. The van der Waals surface area contributed by atoms with Gasteiger partial charge in [0.2, 0.25) is 5.91 Å².